The van der Waals surface area contributed by atoms with E-state index in [2.05, 4.69) is 24.9 Å². The van der Waals surface area contributed by atoms with Crippen LogP contribution in [0.5, 0.6) is 0 Å². The van der Waals surface area contributed by atoms with Crippen molar-refractivity contribution >= 4 is 17.0 Å². The highest BCUT2D eigenvalue weighted by Crippen LogP contribution is 2.18. The number of hydrogen-bond donors (Lipinski definition) is 1. The molecule has 3 aromatic rings. The van der Waals surface area contributed by atoms with Gasteiger partial charge in [0.15, 0.2) is 17.3 Å². The predicted octanol–water partition coefficient (Wildman–Crippen LogP) is 0.402. The van der Waals surface area contributed by atoms with Gasteiger partial charge in [-0.15, -0.1) is 0 Å². The van der Waals surface area contributed by atoms with Crippen LogP contribution in [-0.4, -0.2) is 29.5 Å². The van der Waals surface area contributed by atoms with Crippen LogP contribution >= 0.6 is 0 Å². The minimum absolute atomic E-state index is 0.309. The second-order valence-corrected chi connectivity index (χ2v) is 3.59. The van der Waals surface area contributed by atoms with Crippen molar-refractivity contribution in [2.24, 2.45) is 7.05 Å². The van der Waals surface area contributed by atoms with Gasteiger partial charge >= 0.3 is 0 Å². The number of anilines is 1. The van der Waals surface area contributed by atoms with Crippen LogP contribution in [0.4, 0.5) is 5.82 Å². The maximum Gasteiger partial charge on any atom is 0.184 e. The van der Waals surface area contributed by atoms with Crippen LogP contribution in [0.3, 0.4) is 0 Å². The summed E-state index contributed by atoms with van der Waals surface area (Å²) in [5.74, 6) is 0.764. The van der Waals surface area contributed by atoms with Crippen LogP contribution in [0.2, 0.25) is 0 Å². The van der Waals surface area contributed by atoms with Crippen molar-refractivity contribution < 1.29 is 0 Å². The summed E-state index contributed by atoms with van der Waals surface area (Å²) in [5, 5.41) is 0. The molecule has 0 aromatic carbocycles. The fourth-order valence-electron chi connectivity index (χ4n) is 1.53. The van der Waals surface area contributed by atoms with Crippen LogP contribution in [0.1, 0.15) is 0 Å². The van der Waals surface area contributed by atoms with Gasteiger partial charge in [-0.1, -0.05) is 0 Å². The Morgan fingerprint density at radius 1 is 1.12 bits per heavy atom. The molecule has 0 spiro atoms. The third-order valence-corrected chi connectivity index (χ3v) is 2.29. The number of nitrogens with zero attached hydrogens (tertiary/aromatic N) is 6. The second-order valence-electron chi connectivity index (χ2n) is 3.59. The number of nitrogen functional groups attached to an aromatic ring is 1. The number of aromatic nitrogens is 6. The molecule has 7 heteroatoms. The molecular formula is C10H9N7. The van der Waals surface area contributed by atoms with Crippen molar-refractivity contribution in [3.63, 3.8) is 0 Å². The standard InChI is InChI=1S/C10H9N7/c1-17-4-6(14-5-17)9-15-8(11)7-10(16-9)13-3-2-12-7/h2-5H,1H3,(H2,11,13,15,16). The van der Waals surface area contributed by atoms with Crippen LogP contribution in [0, 0.1) is 0 Å². The lowest BCUT2D eigenvalue weighted by atomic mass is 10.4. The zero-order valence-electron chi connectivity index (χ0n) is 9.07. The van der Waals surface area contributed by atoms with E-state index in [-0.39, 0.29) is 0 Å². The summed E-state index contributed by atoms with van der Waals surface area (Å²) >= 11 is 0. The van der Waals surface area contributed by atoms with Crippen molar-refractivity contribution in [3.05, 3.63) is 24.9 Å². The van der Waals surface area contributed by atoms with Crippen molar-refractivity contribution in [3.8, 4) is 11.5 Å². The van der Waals surface area contributed by atoms with Gasteiger partial charge in [-0.05, 0) is 0 Å². The molecule has 0 aliphatic rings. The molecule has 3 rings (SSSR count). The molecule has 7 nitrogen and oxygen atoms in total. The van der Waals surface area contributed by atoms with Crippen molar-refractivity contribution in [1.29, 1.82) is 0 Å². The molecule has 3 heterocycles. The topological polar surface area (TPSA) is 95.4 Å². The van der Waals surface area contributed by atoms with E-state index in [0.29, 0.717) is 28.5 Å². The number of imidazole rings is 1. The number of fused-ring (bicyclic) bond motifs is 1. The average molecular weight is 227 g/mol. The molecule has 0 aliphatic carbocycles. The summed E-state index contributed by atoms with van der Waals surface area (Å²) in [6, 6.07) is 0. The molecule has 84 valence electrons. The van der Waals surface area contributed by atoms with Crippen LogP contribution in [-0.2, 0) is 7.05 Å². The first-order valence-electron chi connectivity index (χ1n) is 4.96. The van der Waals surface area contributed by atoms with E-state index in [1.807, 2.05) is 17.8 Å². The first-order valence-corrected chi connectivity index (χ1v) is 4.96. The Bertz CT molecular complexity index is 688. The van der Waals surface area contributed by atoms with Crippen molar-refractivity contribution in [2.45, 2.75) is 0 Å². The molecule has 17 heavy (non-hydrogen) atoms. The average Bonchev–Trinajstić information content (AvgIpc) is 2.76. The lowest BCUT2D eigenvalue weighted by Crippen LogP contribution is -2.00. The molecular weight excluding hydrogens is 218 g/mol. The zero-order chi connectivity index (χ0) is 11.8. The molecule has 0 radical (unpaired) electrons. The van der Waals surface area contributed by atoms with Gasteiger partial charge in [-0.3, -0.25) is 0 Å². The van der Waals surface area contributed by atoms with Crippen molar-refractivity contribution in [1.82, 2.24) is 29.5 Å². The molecule has 0 atom stereocenters. The highest BCUT2D eigenvalue weighted by molar-refractivity contribution is 5.82. The number of rotatable bonds is 1. The van der Waals surface area contributed by atoms with Crippen LogP contribution < -0.4 is 5.73 Å². The smallest absolute Gasteiger partial charge is 0.184 e. The Hall–Kier alpha value is -2.57. The summed E-state index contributed by atoms with van der Waals surface area (Å²) in [7, 11) is 1.88. The molecule has 0 unspecified atom stereocenters. The van der Waals surface area contributed by atoms with Gasteiger partial charge in [0.1, 0.15) is 11.2 Å². The van der Waals surface area contributed by atoms with Gasteiger partial charge in [0.2, 0.25) is 0 Å². The Kier molecular flexibility index (Phi) is 1.97. The molecule has 0 aliphatic heterocycles. The molecule has 0 fully saturated rings. The predicted molar refractivity (Wildman–Crippen MR) is 61.7 cm³/mol. The Balaban J connectivity index is 2.25. The van der Waals surface area contributed by atoms with Crippen molar-refractivity contribution in [2.75, 3.05) is 5.73 Å². The Morgan fingerprint density at radius 3 is 2.71 bits per heavy atom. The van der Waals surface area contributed by atoms with E-state index in [1.54, 1.807) is 18.7 Å². The molecule has 0 saturated carbocycles. The highest BCUT2D eigenvalue weighted by atomic mass is 15.1. The zero-order valence-corrected chi connectivity index (χ0v) is 9.07. The van der Waals surface area contributed by atoms with E-state index < -0.39 is 0 Å². The number of hydrogen-bond acceptors (Lipinski definition) is 6. The lowest BCUT2D eigenvalue weighted by molar-refractivity contribution is 0.913. The minimum Gasteiger partial charge on any atom is -0.382 e. The summed E-state index contributed by atoms with van der Waals surface area (Å²) < 4.78 is 1.82. The summed E-state index contributed by atoms with van der Waals surface area (Å²) in [4.78, 5) is 20.8. The quantitative estimate of drug-likeness (QED) is 0.646. The highest BCUT2D eigenvalue weighted by Gasteiger charge is 2.10. The van der Waals surface area contributed by atoms with Gasteiger partial charge < -0.3 is 10.3 Å². The lowest BCUT2D eigenvalue weighted by Gasteiger charge is -2.01. The fourth-order valence-corrected chi connectivity index (χ4v) is 1.53. The Labute approximate surface area is 96.4 Å². The number of nitrogens with two attached hydrogens (primary N) is 1. The first kappa shape index (κ1) is 9.64. The fraction of sp³-hybridized carbons (Fsp3) is 0.100. The third-order valence-electron chi connectivity index (χ3n) is 2.29. The molecule has 0 saturated heterocycles. The Morgan fingerprint density at radius 2 is 1.94 bits per heavy atom. The summed E-state index contributed by atoms with van der Waals surface area (Å²) in [6.07, 6.45) is 6.62. The van der Waals surface area contributed by atoms with E-state index in [1.165, 1.54) is 0 Å². The van der Waals surface area contributed by atoms with Crippen LogP contribution in [0.15, 0.2) is 24.9 Å². The molecule has 0 bridgehead atoms. The molecule has 0 amide bonds. The van der Waals surface area contributed by atoms with E-state index in [9.17, 15) is 0 Å². The second kappa shape index (κ2) is 3.48. The maximum absolute atomic E-state index is 5.81. The van der Waals surface area contributed by atoms with Crippen LogP contribution in [0.25, 0.3) is 22.7 Å². The first-order chi connectivity index (χ1) is 8.24. The van der Waals surface area contributed by atoms with Gasteiger partial charge in [0, 0.05) is 25.6 Å². The van der Waals surface area contributed by atoms with E-state index in [0.717, 1.165) is 0 Å². The third kappa shape index (κ3) is 1.57. The van der Waals surface area contributed by atoms with Gasteiger partial charge in [-0.2, -0.15) is 0 Å². The minimum atomic E-state index is 0.309. The van der Waals surface area contributed by atoms with Gasteiger partial charge in [-0.25, -0.2) is 24.9 Å². The summed E-state index contributed by atoms with van der Waals surface area (Å²) in [5.41, 5.74) is 7.45. The SMILES string of the molecule is Cn1cnc(-c2nc(N)c3nccnc3n2)c1. The monoisotopic (exact) mass is 227 g/mol. The normalized spacial score (nSPS) is 10.9. The molecule has 3 aromatic heterocycles. The molecule has 2 N–H and O–H groups in total. The van der Waals surface area contributed by atoms with E-state index >= 15 is 0 Å². The van der Waals surface area contributed by atoms with E-state index in [4.69, 9.17) is 5.73 Å². The number of aryl methyl sites for hydroxylation is 1. The largest absolute Gasteiger partial charge is 0.382 e. The maximum atomic E-state index is 5.81. The summed E-state index contributed by atoms with van der Waals surface area (Å²) in [6.45, 7) is 0. The van der Waals surface area contributed by atoms with Gasteiger partial charge in [0.05, 0.1) is 6.33 Å². The van der Waals surface area contributed by atoms with Gasteiger partial charge in [0.25, 0.3) is 0 Å².